The van der Waals surface area contributed by atoms with Crippen molar-refractivity contribution < 1.29 is 32.6 Å². The minimum atomic E-state index is -4.30. The molecule has 178 valence electrons. The molecule has 0 atom stereocenters. The fourth-order valence-electron chi connectivity index (χ4n) is 3.00. The Morgan fingerprint density at radius 3 is 2.52 bits per heavy atom. The lowest BCUT2D eigenvalue weighted by Gasteiger charge is -2.11. The molecule has 0 bridgehead atoms. The number of hydrogen-bond donors (Lipinski definition) is 3. The molecular weight excluding hydrogens is 450 g/mol. The van der Waals surface area contributed by atoms with E-state index >= 15 is 0 Å². The Morgan fingerprint density at radius 1 is 1.09 bits per heavy atom. The van der Waals surface area contributed by atoms with Gasteiger partial charge in [0.25, 0.3) is 21.8 Å². The van der Waals surface area contributed by atoms with Crippen LogP contribution in [0.1, 0.15) is 63.0 Å². The fraction of sp³-hybridized carbons (Fsp3) is 0.364. The third-order valence-corrected chi connectivity index (χ3v) is 6.04. The number of nitrogens with one attached hydrogen (secondary N) is 2. The van der Waals surface area contributed by atoms with Crippen LogP contribution in [0.25, 0.3) is 0 Å². The molecule has 10 nitrogen and oxygen atoms in total. The number of amides is 2. The first-order valence-electron chi connectivity index (χ1n) is 10.4. The summed E-state index contributed by atoms with van der Waals surface area (Å²) in [6.45, 7) is 2.56. The first-order chi connectivity index (χ1) is 15.7. The lowest BCUT2D eigenvalue weighted by Crippen LogP contribution is -2.31. The normalized spacial score (nSPS) is 11.1. The molecular formula is C22H27N3O7S. The number of aromatic carboxylic acids is 1. The van der Waals surface area contributed by atoms with Gasteiger partial charge < -0.3 is 15.2 Å². The molecule has 33 heavy (non-hydrogen) atoms. The second-order valence-electron chi connectivity index (χ2n) is 7.21. The number of carboxylic acid groups (broad SMARTS) is 1. The van der Waals surface area contributed by atoms with E-state index < -0.39 is 27.8 Å². The summed E-state index contributed by atoms with van der Waals surface area (Å²) in [5.74, 6) is -2.66. The molecule has 3 N–H and O–H groups in total. The second kappa shape index (κ2) is 12.1. The molecule has 2 aromatic rings. The van der Waals surface area contributed by atoms with Gasteiger partial charge >= 0.3 is 5.97 Å². The maximum Gasteiger partial charge on any atom is 0.354 e. The molecule has 0 radical (unpaired) electrons. The number of carbonyl (C=O) groups is 3. The molecule has 1 aromatic carbocycles. The van der Waals surface area contributed by atoms with E-state index in [-0.39, 0.29) is 28.3 Å². The molecule has 1 aromatic heterocycles. The van der Waals surface area contributed by atoms with Gasteiger partial charge in [-0.1, -0.05) is 25.8 Å². The van der Waals surface area contributed by atoms with Crippen molar-refractivity contribution in [2.24, 2.45) is 0 Å². The van der Waals surface area contributed by atoms with Crippen molar-refractivity contribution >= 4 is 27.8 Å². The quantitative estimate of drug-likeness (QED) is 0.393. The number of methoxy groups -OCH3 is 1. The molecule has 0 aliphatic carbocycles. The van der Waals surface area contributed by atoms with Crippen molar-refractivity contribution in [2.45, 2.75) is 37.5 Å². The van der Waals surface area contributed by atoms with Crippen LogP contribution in [-0.4, -0.2) is 56.6 Å². The number of hydrogen-bond acceptors (Lipinski definition) is 7. The predicted octanol–water partition coefficient (Wildman–Crippen LogP) is 2.01. The van der Waals surface area contributed by atoms with Crippen molar-refractivity contribution in [2.75, 3.05) is 20.3 Å². The molecule has 0 aliphatic heterocycles. The topological polar surface area (TPSA) is 152 Å². The van der Waals surface area contributed by atoms with Crippen molar-refractivity contribution in [1.29, 1.82) is 0 Å². The molecule has 0 spiro atoms. The highest BCUT2D eigenvalue weighted by Crippen LogP contribution is 2.16. The van der Waals surface area contributed by atoms with Crippen LogP contribution in [0.2, 0.25) is 0 Å². The predicted molar refractivity (Wildman–Crippen MR) is 120 cm³/mol. The highest BCUT2D eigenvalue weighted by Gasteiger charge is 2.22. The van der Waals surface area contributed by atoms with Gasteiger partial charge in [0.05, 0.1) is 17.1 Å². The molecule has 0 fully saturated rings. The average Bonchev–Trinajstić information content (AvgIpc) is 2.79. The van der Waals surface area contributed by atoms with Crippen molar-refractivity contribution in [3.8, 4) is 0 Å². The fourth-order valence-corrected chi connectivity index (χ4v) is 4.02. The lowest BCUT2D eigenvalue weighted by molar-refractivity contribution is 0.0688. The largest absolute Gasteiger partial charge is 0.477 e. The maximum atomic E-state index is 12.7. The number of carboxylic acids is 1. The second-order valence-corrected chi connectivity index (χ2v) is 8.89. The molecule has 0 aliphatic rings. The minimum absolute atomic E-state index is 0.0801. The standard InChI is InChI=1S/C22H27N3O7S/c1-3-4-5-7-15-12-17(14-24-19(15)22(28)29)21(27)25-33(30,31)18-9-6-8-16(13-18)20(26)23-10-11-32-2/h6,8-9,12-14H,3-5,7,10-11H2,1-2H3,(H,23,26)(H,25,27)(H,28,29). The number of sulfonamides is 1. The molecule has 2 rings (SSSR count). The van der Waals surface area contributed by atoms with E-state index in [1.807, 2.05) is 11.6 Å². The highest BCUT2D eigenvalue weighted by atomic mass is 32.2. The Morgan fingerprint density at radius 2 is 1.85 bits per heavy atom. The molecule has 0 saturated carbocycles. The summed E-state index contributed by atoms with van der Waals surface area (Å²) < 4.78 is 32.2. The Labute approximate surface area is 192 Å². The van der Waals surface area contributed by atoms with Crippen LogP contribution in [0.15, 0.2) is 41.4 Å². The van der Waals surface area contributed by atoms with Crippen LogP contribution in [0.3, 0.4) is 0 Å². The van der Waals surface area contributed by atoms with Crippen LogP contribution in [-0.2, 0) is 21.2 Å². The van der Waals surface area contributed by atoms with Crippen molar-refractivity contribution in [1.82, 2.24) is 15.0 Å². The van der Waals surface area contributed by atoms with Crippen LogP contribution in [0.4, 0.5) is 0 Å². The number of rotatable bonds is 12. The van der Waals surface area contributed by atoms with E-state index in [2.05, 4.69) is 10.3 Å². The zero-order valence-corrected chi connectivity index (χ0v) is 19.3. The third-order valence-electron chi connectivity index (χ3n) is 4.71. The summed E-state index contributed by atoms with van der Waals surface area (Å²) in [4.78, 5) is 39.8. The summed E-state index contributed by atoms with van der Waals surface area (Å²) in [6, 6.07) is 6.58. The minimum Gasteiger partial charge on any atom is -0.477 e. The van der Waals surface area contributed by atoms with E-state index in [0.29, 0.717) is 25.0 Å². The molecule has 2 amide bonds. The summed E-state index contributed by atoms with van der Waals surface area (Å²) in [6.07, 6.45) is 3.94. The Balaban J connectivity index is 2.22. The number of carbonyl (C=O) groups excluding carboxylic acids is 2. The lowest BCUT2D eigenvalue weighted by atomic mass is 10.0. The zero-order chi connectivity index (χ0) is 24.4. The van der Waals surface area contributed by atoms with E-state index in [1.165, 1.54) is 31.4 Å². The van der Waals surface area contributed by atoms with Crippen molar-refractivity contribution in [3.05, 3.63) is 58.9 Å². The molecule has 0 saturated heterocycles. The summed E-state index contributed by atoms with van der Waals surface area (Å²) in [5.41, 5.74) is 0.212. The van der Waals surface area contributed by atoms with E-state index in [9.17, 15) is 27.9 Å². The first-order valence-corrected chi connectivity index (χ1v) is 11.8. The maximum absolute atomic E-state index is 12.7. The molecule has 1 heterocycles. The van der Waals surface area contributed by atoms with Gasteiger partial charge in [0.1, 0.15) is 0 Å². The summed E-state index contributed by atoms with van der Waals surface area (Å²) in [7, 11) is -2.81. The van der Waals surface area contributed by atoms with Gasteiger partial charge in [-0.25, -0.2) is 22.9 Å². The zero-order valence-electron chi connectivity index (χ0n) is 18.5. The van der Waals surface area contributed by atoms with Crippen LogP contribution in [0.5, 0.6) is 0 Å². The Kier molecular flexibility index (Phi) is 9.49. The summed E-state index contributed by atoms with van der Waals surface area (Å²) >= 11 is 0. The van der Waals surface area contributed by atoms with Gasteiger partial charge in [0.2, 0.25) is 0 Å². The number of ether oxygens (including phenoxy) is 1. The Hall–Kier alpha value is -3.31. The van der Waals surface area contributed by atoms with Crippen LogP contribution < -0.4 is 10.0 Å². The van der Waals surface area contributed by atoms with Crippen LogP contribution >= 0.6 is 0 Å². The smallest absolute Gasteiger partial charge is 0.354 e. The number of aryl methyl sites for hydroxylation is 1. The molecule has 0 unspecified atom stereocenters. The van der Waals surface area contributed by atoms with E-state index in [0.717, 1.165) is 25.1 Å². The van der Waals surface area contributed by atoms with Gasteiger partial charge in [-0.2, -0.15) is 0 Å². The van der Waals surface area contributed by atoms with Crippen LogP contribution in [0, 0.1) is 0 Å². The summed E-state index contributed by atoms with van der Waals surface area (Å²) in [5, 5.41) is 11.9. The van der Waals surface area contributed by atoms with Gasteiger partial charge in [0.15, 0.2) is 5.69 Å². The van der Waals surface area contributed by atoms with Gasteiger partial charge in [-0.3, -0.25) is 9.59 Å². The third kappa shape index (κ3) is 7.36. The number of unbranched alkanes of at least 4 members (excludes halogenated alkanes) is 2. The number of aromatic nitrogens is 1. The first kappa shape index (κ1) is 25.9. The number of benzene rings is 1. The SMILES string of the molecule is CCCCCc1cc(C(=O)NS(=O)(=O)c2cccc(C(=O)NCCOC)c2)cnc1C(=O)O. The number of nitrogens with zero attached hydrogens (tertiary/aromatic N) is 1. The van der Waals surface area contributed by atoms with Gasteiger partial charge in [-0.05, 0) is 42.7 Å². The van der Waals surface area contributed by atoms with E-state index in [4.69, 9.17) is 4.74 Å². The Bertz CT molecular complexity index is 1120. The molecule has 11 heteroatoms. The van der Waals surface area contributed by atoms with Crippen molar-refractivity contribution in [3.63, 3.8) is 0 Å². The van der Waals surface area contributed by atoms with Gasteiger partial charge in [0, 0.05) is 25.4 Å². The average molecular weight is 478 g/mol. The monoisotopic (exact) mass is 477 g/mol. The highest BCUT2D eigenvalue weighted by molar-refractivity contribution is 7.90. The number of pyridine rings is 1. The van der Waals surface area contributed by atoms with E-state index in [1.54, 1.807) is 0 Å². The van der Waals surface area contributed by atoms with Gasteiger partial charge in [-0.15, -0.1) is 0 Å².